The first-order valence-corrected chi connectivity index (χ1v) is 17.6. The highest BCUT2D eigenvalue weighted by Gasteiger charge is 2.27. The summed E-state index contributed by atoms with van der Waals surface area (Å²) >= 11 is 0. The predicted octanol–water partition coefficient (Wildman–Crippen LogP) is 5.32. The van der Waals surface area contributed by atoms with E-state index in [1.165, 1.54) is 18.9 Å². The number of hydrazine groups is 1. The monoisotopic (exact) mass is 712 g/mol. The van der Waals surface area contributed by atoms with Crippen molar-refractivity contribution in [1.82, 2.24) is 25.8 Å². The van der Waals surface area contributed by atoms with E-state index in [1.807, 2.05) is 13.0 Å². The van der Waals surface area contributed by atoms with Crippen LogP contribution in [0.4, 0.5) is 0 Å². The highest BCUT2D eigenvalue weighted by atomic mass is 16.5. The van der Waals surface area contributed by atoms with Gasteiger partial charge in [-0.1, -0.05) is 102 Å². The van der Waals surface area contributed by atoms with Crippen LogP contribution in [-0.4, -0.2) is 65.3 Å². The molecule has 0 aromatic carbocycles. The van der Waals surface area contributed by atoms with Crippen LogP contribution in [0.3, 0.4) is 0 Å². The second-order valence-electron chi connectivity index (χ2n) is 11.7. The lowest BCUT2D eigenvalue weighted by Crippen LogP contribution is -2.47. The second-order valence-corrected chi connectivity index (χ2v) is 11.7. The van der Waals surface area contributed by atoms with E-state index < -0.39 is 5.91 Å². The second kappa shape index (κ2) is 32.7. The molecule has 2 amide bonds. The minimum absolute atomic E-state index is 0.0678. The number of hydrogen-bond acceptors (Lipinski definition) is 9. The van der Waals surface area contributed by atoms with Gasteiger partial charge in [0.25, 0.3) is 5.91 Å². The minimum Gasteiger partial charge on any atom is -0.378 e. The number of nitrogens with zero attached hydrogens (tertiary/aromatic N) is 3. The Morgan fingerprint density at radius 2 is 1.86 bits per heavy atom. The van der Waals surface area contributed by atoms with Crippen molar-refractivity contribution in [2.75, 3.05) is 13.2 Å². The first-order chi connectivity index (χ1) is 24.6. The Kier molecular flexibility index (Phi) is 31.1. The smallest absolute Gasteiger partial charge is 0.278 e. The summed E-state index contributed by atoms with van der Waals surface area (Å²) in [7, 11) is 0. The number of hydrogen-bond donors (Lipinski definition) is 5. The maximum atomic E-state index is 12.6. The van der Waals surface area contributed by atoms with Crippen molar-refractivity contribution in [3.8, 4) is 12.8 Å². The largest absolute Gasteiger partial charge is 0.378 e. The van der Waals surface area contributed by atoms with Gasteiger partial charge in [0.2, 0.25) is 11.9 Å². The number of hydrazone groups is 1. The van der Waals surface area contributed by atoms with Crippen LogP contribution in [0, 0.1) is 18.8 Å². The van der Waals surface area contributed by atoms with E-state index in [1.54, 1.807) is 12.2 Å². The van der Waals surface area contributed by atoms with Crippen LogP contribution in [0.5, 0.6) is 0 Å². The standard InChI is InChI=1S/C19H28N8O4.C14H26O.C3H8.C2H2/c1-2-3-6-9-31-16-8-5-4-7-14(16)22-17(29)11-27-13(12-28)10-15(26-27)18(30)23-19(24-20)25-21;1-5-7-8-9-11-13(3)12-15-14(4)10-6-2;1-3-2;1-2/h2-3,6,10,12,14,16H,1,4-5,7-9,11,20-21H2,(H,22,29)(H2,23,24,25,30);5,7,9,11,13-14H,6,8,10,12H2,1-4H3;3H2,1-2H3;1-2H/b6-3+;7-5-,11-9-;;/t14-,16-;;;/m0.../s1. The van der Waals surface area contributed by atoms with Gasteiger partial charge in [-0.15, -0.1) is 17.9 Å². The Labute approximate surface area is 306 Å². The zero-order chi connectivity index (χ0) is 38.9. The number of rotatable bonds is 17. The number of nitrogens with two attached hydrogens (primary N) is 2. The molecular formula is C38H64N8O5. The van der Waals surface area contributed by atoms with Gasteiger partial charge in [0, 0.05) is 0 Å². The summed E-state index contributed by atoms with van der Waals surface area (Å²) in [6.45, 7) is 17.5. The van der Waals surface area contributed by atoms with E-state index in [0.717, 1.165) is 49.8 Å². The molecule has 1 aromatic heterocycles. The maximum Gasteiger partial charge on any atom is 0.278 e. The van der Waals surface area contributed by atoms with Crippen molar-refractivity contribution in [1.29, 1.82) is 0 Å². The van der Waals surface area contributed by atoms with Gasteiger partial charge in [0.1, 0.15) is 12.2 Å². The quantitative estimate of drug-likeness (QED) is 0.0208. The first-order valence-electron chi connectivity index (χ1n) is 17.6. The predicted molar refractivity (Wildman–Crippen MR) is 207 cm³/mol. The number of ether oxygens (including phenoxy) is 2. The van der Waals surface area contributed by atoms with Gasteiger partial charge in [0.15, 0.2) is 12.0 Å². The molecule has 51 heavy (non-hydrogen) atoms. The third kappa shape index (κ3) is 23.5. The first kappa shape index (κ1) is 48.6. The van der Waals surface area contributed by atoms with Gasteiger partial charge in [-0.3, -0.25) is 29.8 Å². The van der Waals surface area contributed by atoms with Gasteiger partial charge in [-0.05, 0) is 51.5 Å². The number of guanidine groups is 1. The van der Waals surface area contributed by atoms with Crippen molar-refractivity contribution < 1.29 is 23.9 Å². The molecule has 2 unspecified atom stereocenters. The van der Waals surface area contributed by atoms with Crippen LogP contribution in [0.15, 0.2) is 60.3 Å². The molecule has 1 aliphatic carbocycles. The highest BCUT2D eigenvalue weighted by Crippen LogP contribution is 2.21. The number of carbonyl (C=O) groups is 3. The van der Waals surface area contributed by atoms with Crippen LogP contribution in [0.2, 0.25) is 0 Å². The van der Waals surface area contributed by atoms with Gasteiger partial charge in [-0.25, -0.2) is 5.84 Å². The molecule has 13 nitrogen and oxygen atoms in total. The number of carbonyl (C=O) groups excluding carboxylic acids is 3. The third-order valence-electron chi connectivity index (χ3n) is 6.99. The van der Waals surface area contributed by atoms with E-state index in [4.69, 9.17) is 21.2 Å². The minimum atomic E-state index is -0.697. The molecule has 2 rings (SSSR count). The van der Waals surface area contributed by atoms with Crippen molar-refractivity contribution >= 4 is 24.1 Å². The summed E-state index contributed by atoms with van der Waals surface area (Å²) in [5, 5.41) is 12.5. The fourth-order valence-corrected chi connectivity index (χ4v) is 4.61. The average molecular weight is 713 g/mol. The van der Waals surface area contributed by atoms with E-state index in [2.05, 4.69) is 105 Å². The molecule has 7 N–H and O–H groups in total. The Morgan fingerprint density at radius 3 is 2.45 bits per heavy atom. The number of nitrogens with one attached hydrogen (secondary N) is 3. The molecule has 1 saturated carbocycles. The number of terminal acetylenes is 1. The molecule has 0 saturated heterocycles. The molecule has 1 fully saturated rings. The highest BCUT2D eigenvalue weighted by molar-refractivity contribution is 6.05. The van der Waals surface area contributed by atoms with Crippen molar-refractivity contribution in [2.24, 2.45) is 22.7 Å². The van der Waals surface area contributed by atoms with E-state index in [0.29, 0.717) is 24.9 Å². The Balaban J connectivity index is 0. The van der Waals surface area contributed by atoms with E-state index >= 15 is 0 Å². The summed E-state index contributed by atoms with van der Waals surface area (Å²) in [4.78, 5) is 36.1. The Hall–Kier alpha value is -4.51. The number of amides is 2. The summed E-state index contributed by atoms with van der Waals surface area (Å²) in [6.07, 6.45) is 31.1. The molecular weight excluding hydrogens is 648 g/mol. The summed E-state index contributed by atoms with van der Waals surface area (Å²) < 4.78 is 12.8. The molecule has 0 aliphatic heterocycles. The lowest BCUT2D eigenvalue weighted by atomic mass is 9.92. The molecule has 1 aromatic rings. The van der Waals surface area contributed by atoms with Gasteiger partial charge in [0.05, 0.1) is 31.5 Å². The lowest BCUT2D eigenvalue weighted by Gasteiger charge is -2.31. The fraction of sp³-hybridized carbons (Fsp3) is 0.553. The molecule has 1 heterocycles. The normalized spacial score (nSPS) is 16.8. The molecule has 0 radical (unpaired) electrons. The molecule has 0 spiro atoms. The van der Waals surface area contributed by atoms with E-state index in [9.17, 15) is 14.4 Å². The van der Waals surface area contributed by atoms with Crippen molar-refractivity contribution in [2.45, 2.75) is 118 Å². The number of allylic oxidation sites excluding steroid dienone is 5. The van der Waals surface area contributed by atoms with Crippen molar-refractivity contribution in [3.63, 3.8) is 0 Å². The number of aldehydes is 1. The molecule has 0 bridgehead atoms. The molecule has 13 heteroatoms. The molecule has 286 valence electrons. The van der Waals surface area contributed by atoms with Gasteiger partial charge >= 0.3 is 0 Å². The van der Waals surface area contributed by atoms with Crippen LogP contribution < -0.4 is 27.7 Å². The van der Waals surface area contributed by atoms with Crippen LogP contribution in [0.1, 0.15) is 114 Å². The maximum absolute atomic E-state index is 12.6. The van der Waals surface area contributed by atoms with Crippen LogP contribution >= 0.6 is 0 Å². The Morgan fingerprint density at radius 1 is 1.18 bits per heavy atom. The average Bonchev–Trinajstić information content (AvgIpc) is 3.55. The third-order valence-corrected chi connectivity index (χ3v) is 6.99. The van der Waals surface area contributed by atoms with Crippen LogP contribution in [-0.2, 0) is 20.8 Å². The van der Waals surface area contributed by atoms with Crippen molar-refractivity contribution in [3.05, 3.63) is 66.6 Å². The van der Waals surface area contributed by atoms with E-state index in [-0.39, 0.29) is 41.9 Å². The fourth-order valence-electron chi connectivity index (χ4n) is 4.61. The van der Waals surface area contributed by atoms with Gasteiger partial charge < -0.3 is 20.6 Å². The zero-order valence-electron chi connectivity index (χ0n) is 31.7. The van der Waals surface area contributed by atoms with Crippen LogP contribution in [0.25, 0.3) is 0 Å². The Bertz CT molecular complexity index is 1240. The summed E-state index contributed by atoms with van der Waals surface area (Å²) in [6, 6.07) is 1.11. The van der Waals surface area contributed by atoms with Gasteiger partial charge in [-0.2, -0.15) is 5.10 Å². The molecule has 1 aliphatic rings. The summed E-state index contributed by atoms with van der Waals surface area (Å²) in [5.41, 5.74) is 2.06. The lowest BCUT2D eigenvalue weighted by molar-refractivity contribution is -0.124. The summed E-state index contributed by atoms with van der Waals surface area (Å²) in [5.74, 6) is 9.52. The number of aromatic nitrogens is 2. The molecule has 4 atom stereocenters. The SMILES string of the molecule is C#C.C/C=C\C/C=C\C(C)COC(C)CCC.C=C/C=C/CO[C@H]1CCCC[C@@H]1NC(=O)Cn1nc(C(=O)N/C(=N/N)NN)cc1C=O.CCC. The topological polar surface area (TPSA) is 188 Å². The zero-order valence-corrected chi connectivity index (χ0v) is 31.7.